The van der Waals surface area contributed by atoms with Gasteiger partial charge in [-0.1, -0.05) is 6.92 Å². The Morgan fingerprint density at radius 1 is 1.47 bits per heavy atom. The predicted octanol–water partition coefficient (Wildman–Crippen LogP) is 1.30. The number of rotatable bonds is 4. The Balaban J connectivity index is 3.47. The summed E-state index contributed by atoms with van der Waals surface area (Å²) >= 11 is 0. The van der Waals surface area contributed by atoms with Crippen LogP contribution in [0.3, 0.4) is 0 Å². The molecule has 6 heteroatoms. The van der Waals surface area contributed by atoms with Crippen molar-refractivity contribution >= 4 is 9.84 Å². The summed E-state index contributed by atoms with van der Waals surface area (Å²) in [7, 11) is -2.35. The number of ether oxygens (including phenoxy) is 1. The Labute approximate surface area is 101 Å². The summed E-state index contributed by atoms with van der Waals surface area (Å²) in [6, 6.07) is 2.70. The summed E-state index contributed by atoms with van der Waals surface area (Å²) in [6.07, 6.45) is 0.944. The number of methoxy groups -OCH3 is 1. The second kappa shape index (κ2) is 5.01. The molecule has 1 aromatic rings. The zero-order chi connectivity index (χ0) is 13.2. The summed E-state index contributed by atoms with van der Waals surface area (Å²) in [5.41, 5.74) is 6.11. The van der Waals surface area contributed by atoms with E-state index in [1.807, 2.05) is 6.92 Å². The number of hydrogen-bond donors (Lipinski definition) is 1. The van der Waals surface area contributed by atoms with Crippen molar-refractivity contribution in [3.05, 3.63) is 23.5 Å². The highest BCUT2D eigenvalue weighted by Crippen LogP contribution is 2.30. The lowest BCUT2D eigenvalue weighted by Gasteiger charge is -2.14. The van der Waals surface area contributed by atoms with Crippen molar-refractivity contribution in [3.63, 3.8) is 0 Å². The molecule has 0 heterocycles. The maximum atomic E-state index is 13.8. The van der Waals surface area contributed by atoms with E-state index in [-0.39, 0.29) is 11.7 Å². The van der Waals surface area contributed by atoms with E-state index in [0.717, 1.165) is 6.26 Å². The van der Waals surface area contributed by atoms with Crippen molar-refractivity contribution in [2.24, 2.45) is 5.73 Å². The first-order valence-corrected chi connectivity index (χ1v) is 6.98. The van der Waals surface area contributed by atoms with Crippen LogP contribution in [0.4, 0.5) is 4.39 Å². The number of halogens is 1. The van der Waals surface area contributed by atoms with Crippen molar-refractivity contribution < 1.29 is 17.5 Å². The normalized spacial score (nSPS) is 13.5. The molecule has 2 N–H and O–H groups in total. The minimum Gasteiger partial charge on any atom is -0.495 e. The molecule has 1 unspecified atom stereocenters. The monoisotopic (exact) mass is 261 g/mol. The van der Waals surface area contributed by atoms with E-state index in [4.69, 9.17) is 10.5 Å². The van der Waals surface area contributed by atoms with Gasteiger partial charge in [0.2, 0.25) is 0 Å². The molecule has 0 aliphatic heterocycles. The molecule has 0 spiro atoms. The van der Waals surface area contributed by atoms with Crippen LogP contribution in [0.1, 0.15) is 18.4 Å². The Morgan fingerprint density at radius 2 is 2.06 bits per heavy atom. The fourth-order valence-corrected chi connectivity index (χ4v) is 2.44. The zero-order valence-corrected chi connectivity index (χ0v) is 10.8. The largest absolute Gasteiger partial charge is 0.495 e. The van der Waals surface area contributed by atoms with Crippen molar-refractivity contribution in [2.75, 3.05) is 19.9 Å². The second-order valence-electron chi connectivity index (χ2n) is 3.94. The van der Waals surface area contributed by atoms with Gasteiger partial charge in [-0.15, -0.1) is 0 Å². The van der Waals surface area contributed by atoms with Crippen molar-refractivity contribution in [2.45, 2.75) is 17.7 Å². The molecule has 0 aromatic heterocycles. The molecule has 0 fully saturated rings. The van der Waals surface area contributed by atoms with Gasteiger partial charge in [0.05, 0.1) is 7.11 Å². The molecular weight excluding hydrogens is 245 g/mol. The molecule has 0 aliphatic carbocycles. The Kier molecular flexibility index (Phi) is 4.11. The highest BCUT2D eigenvalue weighted by Gasteiger charge is 2.22. The molecule has 0 bridgehead atoms. The fraction of sp³-hybridized carbons (Fsp3) is 0.455. The number of nitrogens with two attached hydrogens (primary N) is 1. The number of sulfone groups is 1. The molecule has 0 saturated carbocycles. The van der Waals surface area contributed by atoms with Gasteiger partial charge in [0.15, 0.2) is 9.84 Å². The van der Waals surface area contributed by atoms with E-state index in [1.165, 1.54) is 19.2 Å². The van der Waals surface area contributed by atoms with Crippen LogP contribution in [0.5, 0.6) is 5.75 Å². The molecule has 0 saturated heterocycles. The third-order valence-corrected chi connectivity index (χ3v) is 3.68. The molecule has 0 aliphatic rings. The summed E-state index contributed by atoms with van der Waals surface area (Å²) in [6.45, 7) is 2.18. The molecule has 96 valence electrons. The van der Waals surface area contributed by atoms with Crippen LogP contribution in [-0.2, 0) is 9.84 Å². The van der Waals surface area contributed by atoms with E-state index >= 15 is 0 Å². The van der Waals surface area contributed by atoms with E-state index in [1.54, 1.807) is 0 Å². The van der Waals surface area contributed by atoms with Gasteiger partial charge in [-0.2, -0.15) is 0 Å². The van der Waals surface area contributed by atoms with Crippen LogP contribution < -0.4 is 10.5 Å². The third kappa shape index (κ3) is 2.95. The first kappa shape index (κ1) is 13.9. The predicted molar refractivity (Wildman–Crippen MR) is 63.5 cm³/mol. The first-order chi connectivity index (χ1) is 7.81. The highest BCUT2D eigenvalue weighted by atomic mass is 32.2. The minimum absolute atomic E-state index is 0.0165. The third-order valence-electron chi connectivity index (χ3n) is 2.55. The molecule has 1 atom stereocenters. The molecular formula is C11H16FNO3S. The van der Waals surface area contributed by atoms with Gasteiger partial charge in [-0.25, -0.2) is 12.8 Å². The Hall–Kier alpha value is -1.14. The standard InChI is InChI=1S/C11H16FNO3S/c1-7(6-13)8-4-9(12)11(17(3,14)15)10(5-8)16-2/h4-5,7H,6,13H2,1-3H3. The van der Waals surface area contributed by atoms with E-state index in [0.29, 0.717) is 12.1 Å². The number of benzene rings is 1. The zero-order valence-electron chi connectivity index (χ0n) is 10.0. The maximum Gasteiger partial charge on any atom is 0.182 e. The summed E-state index contributed by atoms with van der Waals surface area (Å²) < 4.78 is 41.6. The van der Waals surface area contributed by atoms with Crippen LogP contribution >= 0.6 is 0 Å². The SMILES string of the molecule is COc1cc(C(C)CN)cc(F)c1S(C)(=O)=O. The van der Waals surface area contributed by atoms with E-state index in [2.05, 4.69) is 0 Å². The van der Waals surface area contributed by atoms with E-state index in [9.17, 15) is 12.8 Å². The average Bonchev–Trinajstić information content (AvgIpc) is 2.24. The smallest absolute Gasteiger partial charge is 0.182 e. The summed E-state index contributed by atoms with van der Waals surface area (Å²) in [4.78, 5) is -0.409. The second-order valence-corrected chi connectivity index (χ2v) is 5.90. The molecule has 0 amide bonds. The lowest BCUT2D eigenvalue weighted by molar-refractivity contribution is 0.393. The number of hydrogen-bond acceptors (Lipinski definition) is 4. The quantitative estimate of drug-likeness (QED) is 0.887. The Bertz CT molecular complexity index is 514. The van der Waals surface area contributed by atoms with Gasteiger partial charge in [0.1, 0.15) is 16.5 Å². The van der Waals surface area contributed by atoms with Gasteiger partial charge in [0, 0.05) is 6.26 Å². The minimum atomic E-state index is -3.66. The van der Waals surface area contributed by atoms with Crippen molar-refractivity contribution in [3.8, 4) is 5.75 Å². The van der Waals surface area contributed by atoms with Gasteiger partial charge < -0.3 is 10.5 Å². The molecule has 17 heavy (non-hydrogen) atoms. The van der Waals surface area contributed by atoms with Gasteiger partial charge in [-0.05, 0) is 30.2 Å². The Morgan fingerprint density at radius 3 is 2.47 bits per heavy atom. The molecule has 4 nitrogen and oxygen atoms in total. The maximum absolute atomic E-state index is 13.8. The van der Waals surface area contributed by atoms with Crippen molar-refractivity contribution in [1.82, 2.24) is 0 Å². The van der Waals surface area contributed by atoms with Gasteiger partial charge in [-0.3, -0.25) is 0 Å². The summed E-state index contributed by atoms with van der Waals surface area (Å²) in [5.74, 6) is -0.850. The topological polar surface area (TPSA) is 69.4 Å². The lowest BCUT2D eigenvalue weighted by atomic mass is 10.0. The van der Waals surface area contributed by atoms with Crippen LogP contribution in [-0.4, -0.2) is 28.3 Å². The van der Waals surface area contributed by atoms with Crippen LogP contribution in [0.15, 0.2) is 17.0 Å². The lowest BCUT2D eigenvalue weighted by Crippen LogP contribution is -2.11. The van der Waals surface area contributed by atoms with Crippen LogP contribution in [0, 0.1) is 5.82 Å². The van der Waals surface area contributed by atoms with Crippen molar-refractivity contribution in [1.29, 1.82) is 0 Å². The van der Waals surface area contributed by atoms with E-state index < -0.39 is 20.5 Å². The van der Waals surface area contributed by atoms with Crippen LogP contribution in [0.25, 0.3) is 0 Å². The fourth-order valence-electron chi connectivity index (χ4n) is 1.52. The first-order valence-electron chi connectivity index (χ1n) is 5.08. The van der Waals surface area contributed by atoms with Crippen LogP contribution in [0.2, 0.25) is 0 Å². The van der Waals surface area contributed by atoms with Gasteiger partial charge >= 0.3 is 0 Å². The van der Waals surface area contributed by atoms with Gasteiger partial charge in [0.25, 0.3) is 0 Å². The molecule has 1 aromatic carbocycles. The summed E-state index contributed by atoms with van der Waals surface area (Å²) in [5, 5.41) is 0. The molecule has 0 radical (unpaired) electrons. The highest BCUT2D eigenvalue weighted by molar-refractivity contribution is 7.90. The molecule has 1 rings (SSSR count). The average molecular weight is 261 g/mol.